The number of nitrogens with one attached hydrogen (secondary N) is 2. The second-order valence-electron chi connectivity index (χ2n) is 14.5. The van der Waals surface area contributed by atoms with Gasteiger partial charge in [0.25, 0.3) is 0 Å². The van der Waals surface area contributed by atoms with Gasteiger partial charge in [0.15, 0.2) is 11.5 Å². The average molecular weight is 701 g/mol. The van der Waals surface area contributed by atoms with E-state index in [2.05, 4.69) is 70.5 Å². The molecule has 1 aromatic heterocycles. The first-order valence-corrected chi connectivity index (χ1v) is 21.3. The van der Waals surface area contributed by atoms with Gasteiger partial charge < -0.3 is 29.7 Å². The molecular weight excluding hydrogens is 649 g/mol. The molecule has 268 valence electrons. The van der Waals surface area contributed by atoms with Crippen LogP contribution in [0.3, 0.4) is 0 Å². The summed E-state index contributed by atoms with van der Waals surface area (Å²) >= 11 is 0. The van der Waals surface area contributed by atoms with Crippen LogP contribution in [0, 0.1) is 17.4 Å². The van der Waals surface area contributed by atoms with Crippen LogP contribution in [0.1, 0.15) is 44.2 Å². The van der Waals surface area contributed by atoms with Gasteiger partial charge in [-0.25, -0.2) is 9.97 Å². The zero-order valence-corrected chi connectivity index (χ0v) is 31.4. The van der Waals surface area contributed by atoms with Crippen molar-refractivity contribution in [3.63, 3.8) is 0 Å². The molecule has 11 nitrogen and oxygen atoms in total. The fourth-order valence-electron chi connectivity index (χ4n) is 6.16. The van der Waals surface area contributed by atoms with Crippen LogP contribution in [0.4, 0.5) is 11.5 Å². The minimum Gasteiger partial charge on any atom is -0.493 e. The van der Waals surface area contributed by atoms with E-state index in [1.807, 2.05) is 35.2 Å². The van der Waals surface area contributed by atoms with Crippen LogP contribution < -0.4 is 20.1 Å². The highest BCUT2D eigenvalue weighted by atomic mass is 28.3. The lowest BCUT2D eigenvalue weighted by Gasteiger charge is -2.31. The molecule has 0 saturated carbocycles. The molecule has 2 amide bonds. The Hall–Kier alpha value is -4.18. The summed E-state index contributed by atoms with van der Waals surface area (Å²) in [6, 6.07) is 8.94. The van der Waals surface area contributed by atoms with E-state index in [0.717, 1.165) is 55.8 Å². The molecule has 50 heavy (non-hydrogen) atoms. The molecule has 0 spiro atoms. The van der Waals surface area contributed by atoms with Gasteiger partial charge in [0, 0.05) is 55.4 Å². The average Bonchev–Trinajstić information content (AvgIpc) is 3.08. The molecule has 2 N–H and O–H groups in total. The number of rotatable bonds is 7. The number of aromatic nitrogens is 2. The largest absolute Gasteiger partial charge is 0.493 e. The molecule has 12 heteroatoms. The normalized spacial score (nSPS) is 18.1. The van der Waals surface area contributed by atoms with Crippen LogP contribution in [0.5, 0.6) is 11.5 Å². The van der Waals surface area contributed by atoms with Gasteiger partial charge in [-0.2, -0.15) is 0 Å². The lowest BCUT2D eigenvalue weighted by Crippen LogP contribution is -2.50. The molecule has 5 rings (SSSR count). The zero-order valence-electron chi connectivity index (χ0n) is 30.4. The zero-order chi connectivity index (χ0) is 35.7. The van der Waals surface area contributed by atoms with Gasteiger partial charge in [0.1, 0.15) is 26.3 Å². The van der Waals surface area contributed by atoms with Crippen molar-refractivity contribution in [1.82, 2.24) is 25.1 Å². The first-order chi connectivity index (χ1) is 24.0. The summed E-state index contributed by atoms with van der Waals surface area (Å²) in [5.74, 6) is 4.97. The smallest absolute Gasteiger partial charge is 0.245 e. The molecule has 1 fully saturated rings. The third kappa shape index (κ3) is 10.4. The molecule has 0 aliphatic carbocycles. The number of carbonyl (C=O) groups excluding carboxylic acids is 2. The SMILES string of the molecule is COc1cc2ncnc3c2cc1OCCCN(CCCN1CCOCC1)C(=O)[C@H](CC(C)C)NC(=O)Cc1ccc(C#C[Si](C)(C)C)cc1N3. The van der Waals surface area contributed by atoms with E-state index >= 15 is 0 Å². The molecule has 3 heterocycles. The Labute approximate surface area is 297 Å². The molecule has 2 aliphatic heterocycles. The summed E-state index contributed by atoms with van der Waals surface area (Å²) in [4.78, 5) is 41.4. The summed E-state index contributed by atoms with van der Waals surface area (Å²) < 4.78 is 17.5. The summed E-state index contributed by atoms with van der Waals surface area (Å²) in [6.07, 6.45) is 3.56. The summed E-state index contributed by atoms with van der Waals surface area (Å²) in [5.41, 5.74) is 6.44. The van der Waals surface area contributed by atoms with E-state index in [1.165, 1.54) is 6.33 Å². The fraction of sp³-hybridized carbons (Fsp3) is 0.526. The predicted molar refractivity (Wildman–Crippen MR) is 200 cm³/mol. The Bertz CT molecular complexity index is 1710. The first-order valence-electron chi connectivity index (χ1n) is 17.8. The van der Waals surface area contributed by atoms with Gasteiger partial charge in [-0.05, 0) is 48.9 Å². The molecule has 0 radical (unpaired) electrons. The number of fused-ring (bicyclic) bond motifs is 2. The van der Waals surface area contributed by atoms with Crippen molar-refractivity contribution >= 4 is 42.3 Å². The number of benzene rings is 2. The standard InChI is InChI=1S/C38H52N6O5Si/c1-27(2)21-33-38(46)44(13-7-12-43-15-18-48-19-16-43)14-8-17-49-35-24-30-32(25-34(35)47-3)39-26-40-37(30)42-31-22-28(11-20-50(4,5)6)9-10-29(31)23-36(45)41-33/h9-10,22,24-27,33H,7-8,12-19,21,23H2,1-6H3,(H,41,45)(H,39,40,42)/t33-/m0/s1. The quantitative estimate of drug-likeness (QED) is 0.259. The number of ether oxygens (including phenoxy) is 3. The third-order valence-electron chi connectivity index (χ3n) is 8.70. The topological polar surface area (TPSA) is 118 Å². The van der Waals surface area contributed by atoms with Crippen molar-refractivity contribution in [1.29, 1.82) is 0 Å². The molecule has 2 aliphatic rings. The van der Waals surface area contributed by atoms with E-state index in [1.54, 1.807) is 7.11 Å². The molecule has 1 atom stereocenters. The molecule has 2 aromatic carbocycles. The van der Waals surface area contributed by atoms with Crippen LogP contribution in [0.15, 0.2) is 36.7 Å². The summed E-state index contributed by atoms with van der Waals surface area (Å²) in [7, 11) is -0.0230. The van der Waals surface area contributed by atoms with E-state index in [9.17, 15) is 9.59 Å². The Kier molecular flexibility index (Phi) is 12.7. The highest BCUT2D eigenvalue weighted by molar-refractivity contribution is 6.83. The minimum absolute atomic E-state index is 0.0599. The van der Waals surface area contributed by atoms with Crippen LogP contribution >= 0.6 is 0 Å². The molecule has 1 saturated heterocycles. The number of hydrogen-bond donors (Lipinski definition) is 2. The van der Waals surface area contributed by atoms with Crippen molar-refractivity contribution in [3.8, 4) is 23.0 Å². The van der Waals surface area contributed by atoms with Crippen LogP contribution in [0.25, 0.3) is 10.9 Å². The highest BCUT2D eigenvalue weighted by Crippen LogP contribution is 2.35. The maximum atomic E-state index is 14.2. The number of methoxy groups -OCH3 is 1. The van der Waals surface area contributed by atoms with Gasteiger partial charge in [-0.15, -0.1) is 5.54 Å². The van der Waals surface area contributed by atoms with Crippen molar-refractivity contribution in [2.24, 2.45) is 5.92 Å². The van der Waals surface area contributed by atoms with Gasteiger partial charge in [-0.1, -0.05) is 45.5 Å². The lowest BCUT2D eigenvalue weighted by atomic mass is 10.0. The van der Waals surface area contributed by atoms with Gasteiger partial charge >= 0.3 is 0 Å². The maximum Gasteiger partial charge on any atom is 0.245 e. The Morgan fingerprint density at radius 3 is 2.58 bits per heavy atom. The molecular formula is C38H52N6O5Si. The fourth-order valence-corrected chi connectivity index (χ4v) is 6.68. The number of carbonyl (C=O) groups is 2. The number of nitrogens with zero attached hydrogens (tertiary/aromatic N) is 4. The Morgan fingerprint density at radius 2 is 1.84 bits per heavy atom. The number of anilines is 2. The molecule has 3 aromatic rings. The second-order valence-corrected chi connectivity index (χ2v) is 19.3. The van der Waals surface area contributed by atoms with E-state index < -0.39 is 14.1 Å². The van der Waals surface area contributed by atoms with Gasteiger partial charge in [0.2, 0.25) is 11.8 Å². The predicted octanol–water partition coefficient (Wildman–Crippen LogP) is 5.02. The van der Waals surface area contributed by atoms with Crippen LogP contribution in [-0.2, 0) is 20.7 Å². The van der Waals surface area contributed by atoms with Crippen molar-refractivity contribution < 1.29 is 23.8 Å². The Morgan fingerprint density at radius 1 is 1.04 bits per heavy atom. The summed E-state index contributed by atoms with van der Waals surface area (Å²) in [6.45, 7) is 16.4. The number of hydrogen-bond acceptors (Lipinski definition) is 9. The van der Waals surface area contributed by atoms with Gasteiger partial charge in [0.05, 0.1) is 38.9 Å². The van der Waals surface area contributed by atoms with Crippen LogP contribution in [0.2, 0.25) is 19.6 Å². The van der Waals surface area contributed by atoms with Crippen molar-refractivity contribution in [2.45, 2.75) is 65.2 Å². The van der Waals surface area contributed by atoms with Crippen LogP contribution in [-0.4, -0.2) is 105 Å². The third-order valence-corrected chi connectivity index (χ3v) is 9.58. The van der Waals surface area contributed by atoms with Crippen molar-refractivity contribution in [3.05, 3.63) is 47.8 Å². The Balaban J connectivity index is 1.51. The van der Waals surface area contributed by atoms with Gasteiger partial charge in [-0.3, -0.25) is 14.5 Å². The minimum atomic E-state index is -1.63. The number of morpholine rings is 1. The summed E-state index contributed by atoms with van der Waals surface area (Å²) in [5, 5.41) is 7.36. The van der Waals surface area contributed by atoms with E-state index in [4.69, 9.17) is 14.2 Å². The maximum absolute atomic E-state index is 14.2. The second kappa shape index (κ2) is 17.2. The number of amides is 2. The highest BCUT2D eigenvalue weighted by Gasteiger charge is 2.28. The van der Waals surface area contributed by atoms with E-state index in [-0.39, 0.29) is 24.2 Å². The molecule has 2 bridgehead atoms. The molecule has 0 unspecified atom stereocenters. The lowest BCUT2D eigenvalue weighted by molar-refractivity contribution is -0.137. The first kappa shape index (κ1) is 37.1. The van der Waals surface area contributed by atoms with E-state index in [0.29, 0.717) is 61.1 Å². The monoisotopic (exact) mass is 700 g/mol. The van der Waals surface area contributed by atoms with Crippen molar-refractivity contribution in [2.75, 3.05) is 65.0 Å².